The third-order valence-electron chi connectivity index (χ3n) is 3.91. The number of nitrogens with one attached hydrogen (secondary N) is 3. The summed E-state index contributed by atoms with van der Waals surface area (Å²) in [6.45, 7) is 5.75. The fraction of sp³-hybridized carbons (Fsp3) is 0.182. The Labute approximate surface area is 179 Å². The van der Waals surface area contributed by atoms with Crippen molar-refractivity contribution >= 4 is 29.3 Å². The van der Waals surface area contributed by atoms with Crippen molar-refractivity contribution in [2.75, 3.05) is 5.32 Å². The first kappa shape index (κ1) is 21.1. The van der Waals surface area contributed by atoms with Crippen LogP contribution in [0.4, 0.5) is 5.82 Å². The first-order valence-electron chi connectivity index (χ1n) is 9.23. The van der Waals surface area contributed by atoms with Gasteiger partial charge in [-0.3, -0.25) is 15.2 Å². The van der Waals surface area contributed by atoms with Crippen molar-refractivity contribution < 1.29 is 4.79 Å². The van der Waals surface area contributed by atoms with Crippen LogP contribution in [0.2, 0.25) is 5.02 Å². The Hall–Kier alpha value is -3.63. The Morgan fingerprint density at radius 3 is 2.57 bits per heavy atom. The van der Waals surface area contributed by atoms with Crippen molar-refractivity contribution in [3.05, 3.63) is 70.7 Å². The van der Waals surface area contributed by atoms with Gasteiger partial charge in [-0.2, -0.15) is 10.4 Å². The second-order valence-electron chi connectivity index (χ2n) is 7.58. The first-order valence-corrected chi connectivity index (χ1v) is 9.61. The van der Waals surface area contributed by atoms with E-state index < -0.39 is 5.54 Å². The van der Waals surface area contributed by atoms with E-state index in [2.05, 4.69) is 25.8 Å². The van der Waals surface area contributed by atoms with Gasteiger partial charge in [0.15, 0.2) is 5.82 Å². The fourth-order valence-corrected chi connectivity index (χ4v) is 2.74. The van der Waals surface area contributed by atoms with Gasteiger partial charge in [0.25, 0.3) is 5.91 Å². The zero-order chi connectivity index (χ0) is 21.7. The van der Waals surface area contributed by atoms with Crippen molar-refractivity contribution in [2.45, 2.75) is 26.3 Å². The van der Waals surface area contributed by atoms with Crippen LogP contribution in [0.15, 0.2) is 59.6 Å². The van der Waals surface area contributed by atoms with Crippen molar-refractivity contribution in [2.24, 2.45) is 4.99 Å². The molecule has 0 unspecified atom stereocenters. The van der Waals surface area contributed by atoms with Crippen LogP contribution in [0, 0.1) is 11.3 Å². The van der Waals surface area contributed by atoms with Gasteiger partial charge < -0.3 is 5.32 Å². The minimum Gasteiger partial charge on any atom is -0.309 e. The molecule has 8 heteroatoms. The molecule has 1 amide bonds. The molecule has 3 aromatic rings. The molecule has 0 aliphatic heterocycles. The maximum Gasteiger partial charge on any atom is 0.258 e. The van der Waals surface area contributed by atoms with Gasteiger partial charge in [-0.05, 0) is 56.7 Å². The lowest BCUT2D eigenvalue weighted by atomic mass is 10.1. The topological polar surface area (TPSA) is 106 Å². The number of aliphatic imine (C=N–C) groups is 1. The summed E-state index contributed by atoms with van der Waals surface area (Å²) in [5.74, 6) is 0.370. The molecule has 0 radical (unpaired) electrons. The minimum atomic E-state index is -0.445. The lowest BCUT2D eigenvalue weighted by Gasteiger charge is -2.17. The van der Waals surface area contributed by atoms with Gasteiger partial charge in [0.1, 0.15) is 0 Å². The number of guanidine groups is 1. The molecular formula is C22H21ClN6O. The van der Waals surface area contributed by atoms with Crippen LogP contribution in [0.25, 0.3) is 11.3 Å². The maximum atomic E-state index is 12.7. The number of amides is 1. The van der Waals surface area contributed by atoms with Crippen molar-refractivity contribution in [3.63, 3.8) is 0 Å². The number of aromatic amines is 1. The molecule has 3 rings (SSSR count). The van der Waals surface area contributed by atoms with Gasteiger partial charge in [0, 0.05) is 16.7 Å². The predicted molar refractivity (Wildman–Crippen MR) is 118 cm³/mol. The zero-order valence-corrected chi connectivity index (χ0v) is 17.6. The van der Waals surface area contributed by atoms with Crippen molar-refractivity contribution in [1.29, 1.82) is 5.26 Å². The minimum absolute atomic E-state index is 0.254. The van der Waals surface area contributed by atoms with E-state index >= 15 is 0 Å². The number of nitriles is 1. The quantitative estimate of drug-likeness (QED) is 0.425. The molecule has 0 aliphatic carbocycles. The van der Waals surface area contributed by atoms with E-state index in [0.717, 1.165) is 11.3 Å². The number of hydrogen-bond donors (Lipinski definition) is 3. The summed E-state index contributed by atoms with van der Waals surface area (Å²) in [7, 11) is 0. The number of nitrogens with zero attached hydrogens (tertiary/aromatic N) is 3. The van der Waals surface area contributed by atoms with E-state index in [1.54, 1.807) is 30.3 Å². The highest BCUT2D eigenvalue weighted by atomic mass is 35.5. The predicted octanol–water partition coefficient (Wildman–Crippen LogP) is 4.60. The summed E-state index contributed by atoms with van der Waals surface area (Å²) in [4.78, 5) is 17.2. The lowest BCUT2D eigenvalue weighted by molar-refractivity contribution is 0.0976. The molecule has 3 N–H and O–H groups in total. The van der Waals surface area contributed by atoms with Crippen LogP contribution in [-0.2, 0) is 0 Å². The van der Waals surface area contributed by atoms with Gasteiger partial charge in [0.2, 0.25) is 5.96 Å². The van der Waals surface area contributed by atoms with E-state index in [9.17, 15) is 4.79 Å². The average molecular weight is 421 g/mol. The molecule has 1 heterocycles. The van der Waals surface area contributed by atoms with E-state index in [0.29, 0.717) is 22.0 Å². The number of carbonyl (C=O) groups is 1. The smallest absolute Gasteiger partial charge is 0.258 e. The number of aromatic nitrogens is 2. The Balaban J connectivity index is 1.81. The Bertz CT molecular complexity index is 1120. The molecule has 0 saturated heterocycles. The summed E-state index contributed by atoms with van der Waals surface area (Å²) >= 11 is 5.94. The molecule has 7 nitrogen and oxygen atoms in total. The normalized spacial score (nSPS) is 11.6. The number of anilines is 1. The summed E-state index contributed by atoms with van der Waals surface area (Å²) < 4.78 is 0. The van der Waals surface area contributed by atoms with E-state index in [1.165, 1.54) is 6.07 Å². The molecule has 0 fully saturated rings. The molecule has 0 bridgehead atoms. The number of H-pyrrole nitrogens is 1. The van der Waals surface area contributed by atoms with Gasteiger partial charge >= 0.3 is 0 Å². The third-order valence-corrected chi connectivity index (χ3v) is 4.16. The van der Waals surface area contributed by atoms with Gasteiger partial charge in [-0.1, -0.05) is 29.8 Å². The maximum absolute atomic E-state index is 12.7. The van der Waals surface area contributed by atoms with E-state index in [1.807, 2.05) is 45.0 Å². The van der Waals surface area contributed by atoms with Gasteiger partial charge in [-0.15, -0.1) is 0 Å². The van der Waals surface area contributed by atoms with Crippen LogP contribution in [0.1, 0.15) is 36.7 Å². The van der Waals surface area contributed by atoms with Crippen LogP contribution < -0.4 is 10.6 Å². The molecule has 30 heavy (non-hydrogen) atoms. The van der Waals surface area contributed by atoms with Gasteiger partial charge in [0.05, 0.1) is 22.9 Å². The van der Waals surface area contributed by atoms with E-state index in [4.69, 9.17) is 16.9 Å². The Morgan fingerprint density at radius 2 is 1.90 bits per heavy atom. The van der Waals surface area contributed by atoms with Crippen molar-refractivity contribution in [3.8, 4) is 17.3 Å². The fourth-order valence-electron chi connectivity index (χ4n) is 2.62. The first-order chi connectivity index (χ1) is 14.2. The largest absolute Gasteiger partial charge is 0.309 e. The molecule has 0 atom stereocenters. The summed E-state index contributed by atoms with van der Waals surface area (Å²) in [5.41, 5.74) is 2.04. The number of hydrogen-bond acceptors (Lipinski definition) is 4. The summed E-state index contributed by atoms with van der Waals surface area (Å²) in [6, 6.07) is 17.7. The monoisotopic (exact) mass is 420 g/mol. The standard InChI is InChI=1S/C22H21ClN6O/c1-22(2,3)27-21(26-20(30)16-6-4-5-14(11-16)13-24)25-19-12-18(28-29-19)15-7-9-17(23)10-8-15/h4-12H,1-3H3,(H3,25,26,27,28,29,30). The summed E-state index contributed by atoms with van der Waals surface area (Å²) in [5, 5.41) is 22.7. The number of benzene rings is 2. The molecule has 0 spiro atoms. The van der Waals surface area contributed by atoms with E-state index in [-0.39, 0.29) is 11.9 Å². The van der Waals surface area contributed by atoms with Crippen LogP contribution in [0.3, 0.4) is 0 Å². The highest BCUT2D eigenvalue weighted by Gasteiger charge is 2.16. The molecule has 1 aromatic heterocycles. The number of halogens is 1. The third kappa shape index (κ3) is 5.69. The second kappa shape index (κ2) is 8.80. The second-order valence-corrected chi connectivity index (χ2v) is 8.01. The van der Waals surface area contributed by atoms with Crippen LogP contribution >= 0.6 is 11.6 Å². The zero-order valence-electron chi connectivity index (χ0n) is 16.8. The average Bonchev–Trinajstić information content (AvgIpc) is 3.15. The number of carbonyl (C=O) groups excluding carboxylic acids is 1. The molecule has 0 saturated carbocycles. The highest BCUT2D eigenvalue weighted by molar-refractivity contribution is 6.30. The molecule has 152 valence electrons. The Morgan fingerprint density at radius 1 is 1.17 bits per heavy atom. The van der Waals surface area contributed by atoms with Crippen LogP contribution in [-0.4, -0.2) is 27.6 Å². The SMILES string of the molecule is CC(C)(C)N=C(NC(=O)c1cccc(C#N)c1)Nc1cc(-c2ccc(Cl)cc2)[nH]n1. The summed E-state index contributed by atoms with van der Waals surface area (Å²) in [6.07, 6.45) is 0. The highest BCUT2D eigenvalue weighted by Crippen LogP contribution is 2.22. The van der Waals surface area contributed by atoms with Gasteiger partial charge in [-0.25, -0.2) is 4.99 Å². The van der Waals surface area contributed by atoms with Crippen LogP contribution in [0.5, 0.6) is 0 Å². The Kier molecular flexibility index (Phi) is 6.19. The molecule has 0 aliphatic rings. The molecule has 2 aromatic carbocycles. The number of rotatable bonds is 3. The molecular weight excluding hydrogens is 400 g/mol. The van der Waals surface area contributed by atoms with Crippen molar-refractivity contribution in [1.82, 2.24) is 15.5 Å². The lowest BCUT2D eigenvalue weighted by Crippen LogP contribution is -2.38.